The van der Waals surface area contributed by atoms with Crippen molar-refractivity contribution in [2.45, 2.75) is 12.6 Å². The molecule has 0 saturated carbocycles. The minimum atomic E-state index is -4.38. The molecule has 2 N–H and O–H groups in total. The topological polar surface area (TPSA) is 105 Å². The molecule has 0 aliphatic heterocycles. The molecule has 0 aliphatic rings. The minimum Gasteiger partial charge on any atom is -0.478 e. The van der Waals surface area contributed by atoms with Gasteiger partial charge in [0, 0.05) is 6.54 Å². The molecule has 0 amide bonds. The van der Waals surface area contributed by atoms with Crippen LogP contribution in [0.1, 0.15) is 16.8 Å². The third kappa shape index (κ3) is 4.41. The van der Waals surface area contributed by atoms with Crippen molar-refractivity contribution < 1.29 is 28.0 Å². The van der Waals surface area contributed by atoms with E-state index in [9.17, 15) is 28.1 Å². The molecule has 1 aromatic heterocycles. The monoisotopic (exact) mass is 279 g/mol. The number of carbonyl (C=O) groups is 1. The fraction of sp³-hybridized carbons (Fsp3) is 0.333. The zero-order valence-corrected chi connectivity index (χ0v) is 9.27. The van der Waals surface area contributed by atoms with Gasteiger partial charge in [-0.3, -0.25) is 0 Å². The Morgan fingerprint density at radius 2 is 2.16 bits per heavy atom. The quantitative estimate of drug-likeness (QED) is 0.631. The van der Waals surface area contributed by atoms with Crippen molar-refractivity contribution in [3.63, 3.8) is 0 Å². The predicted octanol–water partition coefficient (Wildman–Crippen LogP) is 2.05. The summed E-state index contributed by atoms with van der Waals surface area (Å²) in [5, 5.41) is 21.5. The number of nitrogens with zero attached hydrogens (tertiary/aromatic N) is 2. The van der Waals surface area contributed by atoms with Crippen LogP contribution < -0.4 is 5.32 Å². The van der Waals surface area contributed by atoms with Crippen molar-refractivity contribution in [1.29, 1.82) is 0 Å². The molecule has 0 fully saturated rings. The molecule has 0 bridgehead atoms. The van der Waals surface area contributed by atoms with Gasteiger partial charge in [-0.1, -0.05) is 0 Å². The fourth-order valence-corrected chi connectivity index (χ4v) is 1.20. The lowest BCUT2D eigenvalue weighted by atomic mass is 10.2. The summed E-state index contributed by atoms with van der Waals surface area (Å²) in [6.07, 6.45) is -4.73. The van der Waals surface area contributed by atoms with E-state index in [-0.39, 0.29) is 5.69 Å². The molecule has 7 nitrogen and oxygen atoms in total. The molecule has 0 atom stereocenters. The van der Waals surface area contributed by atoms with E-state index < -0.39 is 41.4 Å². The van der Waals surface area contributed by atoms with E-state index in [1.807, 2.05) is 0 Å². The number of nitro groups is 1. The number of nitrogens with one attached hydrogen (secondary N) is 1. The van der Waals surface area contributed by atoms with Crippen molar-refractivity contribution in [2.75, 3.05) is 11.9 Å². The van der Waals surface area contributed by atoms with Gasteiger partial charge in [0.2, 0.25) is 0 Å². The van der Waals surface area contributed by atoms with Crippen LogP contribution in [0.5, 0.6) is 0 Å². The smallest absolute Gasteiger partial charge is 0.390 e. The number of carboxylic acids is 1. The maximum Gasteiger partial charge on any atom is 0.390 e. The largest absolute Gasteiger partial charge is 0.478 e. The normalized spacial score (nSPS) is 11.1. The fourth-order valence-electron chi connectivity index (χ4n) is 1.20. The van der Waals surface area contributed by atoms with Crippen molar-refractivity contribution in [1.82, 2.24) is 4.98 Å². The van der Waals surface area contributed by atoms with Crippen LogP contribution in [0, 0.1) is 10.1 Å². The molecule has 0 saturated heterocycles. The molecule has 1 aromatic rings. The number of anilines is 1. The van der Waals surface area contributed by atoms with Crippen LogP contribution in [-0.2, 0) is 0 Å². The Morgan fingerprint density at radius 3 is 2.63 bits per heavy atom. The first kappa shape index (κ1) is 14.7. The Hall–Kier alpha value is -2.39. The molecule has 104 valence electrons. The van der Waals surface area contributed by atoms with Gasteiger partial charge in [-0.05, 0) is 9.91 Å². The third-order valence-electron chi connectivity index (χ3n) is 2.03. The van der Waals surface area contributed by atoms with Crippen molar-refractivity contribution in [2.24, 2.45) is 0 Å². The molecular weight excluding hydrogens is 271 g/mol. The zero-order valence-electron chi connectivity index (χ0n) is 9.27. The van der Waals surface area contributed by atoms with Gasteiger partial charge in [0.05, 0.1) is 23.7 Å². The third-order valence-corrected chi connectivity index (χ3v) is 2.03. The van der Waals surface area contributed by atoms with Crippen LogP contribution in [-0.4, -0.2) is 33.7 Å². The van der Waals surface area contributed by atoms with Crippen molar-refractivity contribution >= 4 is 17.5 Å². The maximum atomic E-state index is 11.9. The summed E-state index contributed by atoms with van der Waals surface area (Å²) in [6, 6.07) is 0.679. The predicted molar refractivity (Wildman–Crippen MR) is 57.0 cm³/mol. The highest BCUT2D eigenvalue weighted by molar-refractivity contribution is 5.94. The number of hydrogen-bond acceptors (Lipinski definition) is 5. The Kier molecular flexibility index (Phi) is 4.25. The number of alkyl halides is 3. The maximum absolute atomic E-state index is 11.9. The summed E-state index contributed by atoms with van der Waals surface area (Å²) in [6.45, 7) is -0.552. The highest BCUT2D eigenvalue weighted by Crippen LogP contribution is 2.22. The summed E-state index contributed by atoms with van der Waals surface area (Å²) < 4.78 is 35.8. The lowest BCUT2D eigenvalue weighted by Crippen LogP contribution is -2.16. The minimum absolute atomic E-state index is 0.206. The lowest BCUT2D eigenvalue weighted by Gasteiger charge is -2.09. The van der Waals surface area contributed by atoms with Crippen LogP contribution in [0.25, 0.3) is 0 Å². The van der Waals surface area contributed by atoms with E-state index in [0.717, 1.165) is 6.20 Å². The SMILES string of the molecule is O=C(O)c1cc([N+](=O)[O-])ncc1NCCC(F)(F)F. The number of aromatic nitrogens is 1. The van der Waals surface area contributed by atoms with Gasteiger partial charge < -0.3 is 20.5 Å². The van der Waals surface area contributed by atoms with Gasteiger partial charge in [-0.15, -0.1) is 0 Å². The average Bonchev–Trinajstić information content (AvgIpc) is 2.27. The Bertz CT molecular complexity index is 504. The average molecular weight is 279 g/mol. The first-order valence-corrected chi connectivity index (χ1v) is 4.89. The Morgan fingerprint density at radius 1 is 1.53 bits per heavy atom. The van der Waals surface area contributed by atoms with Gasteiger partial charge in [0.1, 0.15) is 0 Å². The van der Waals surface area contributed by atoms with Crippen LogP contribution in [0.3, 0.4) is 0 Å². The zero-order chi connectivity index (χ0) is 14.6. The molecule has 1 rings (SSSR count). The van der Waals surface area contributed by atoms with Crippen molar-refractivity contribution in [3.8, 4) is 0 Å². The van der Waals surface area contributed by atoms with Crippen molar-refractivity contribution in [3.05, 3.63) is 27.9 Å². The van der Waals surface area contributed by atoms with Gasteiger partial charge in [-0.25, -0.2) is 4.79 Å². The molecular formula is C9H8F3N3O4. The molecule has 0 unspecified atom stereocenters. The van der Waals surface area contributed by atoms with Gasteiger partial charge >= 0.3 is 18.0 Å². The molecule has 10 heteroatoms. The Labute approximate surface area is 104 Å². The van der Waals surface area contributed by atoms with Gasteiger partial charge in [0.15, 0.2) is 6.20 Å². The van der Waals surface area contributed by atoms with E-state index >= 15 is 0 Å². The van der Waals surface area contributed by atoms with Crippen LogP contribution in [0.15, 0.2) is 12.3 Å². The van der Waals surface area contributed by atoms with Crippen LogP contribution >= 0.6 is 0 Å². The molecule has 1 heterocycles. The molecule has 0 aliphatic carbocycles. The number of carboxylic acid groups (broad SMARTS) is 1. The second kappa shape index (κ2) is 5.50. The second-order valence-electron chi connectivity index (χ2n) is 3.44. The van der Waals surface area contributed by atoms with E-state index in [1.54, 1.807) is 0 Å². The van der Waals surface area contributed by atoms with Crippen LogP contribution in [0.2, 0.25) is 0 Å². The number of hydrogen-bond donors (Lipinski definition) is 2. The molecule has 0 radical (unpaired) electrons. The number of halogens is 3. The first-order valence-electron chi connectivity index (χ1n) is 4.89. The van der Waals surface area contributed by atoms with Gasteiger partial charge in [-0.2, -0.15) is 13.2 Å². The van der Waals surface area contributed by atoms with Gasteiger partial charge in [0.25, 0.3) is 0 Å². The lowest BCUT2D eigenvalue weighted by molar-refractivity contribution is -0.389. The number of aromatic carboxylic acids is 1. The second-order valence-corrected chi connectivity index (χ2v) is 3.44. The Balaban J connectivity index is 2.89. The summed E-state index contributed by atoms with van der Waals surface area (Å²) in [7, 11) is 0. The highest BCUT2D eigenvalue weighted by atomic mass is 19.4. The van der Waals surface area contributed by atoms with E-state index in [1.165, 1.54) is 0 Å². The number of pyridine rings is 1. The summed E-state index contributed by atoms with van der Waals surface area (Å²) in [5.74, 6) is -2.20. The molecule has 0 spiro atoms. The summed E-state index contributed by atoms with van der Waals surface area (Å²) in [5.41, 5.74) is -0.716. The molecule has 0 aromatic carbocycles. The van der Waals surface area contributed by atoms with E-state index in [0.29, 0.717) is 6.07 Å². The number of rotatable bonds is 5. The summed E-state index contributed by atoms with van der Waals surface area (Å²) >= 11 is 0. The van der Waals surface area contributed by atoms with E-state index in [2.05, 4.69) is 10.3 Å². The standard InChI is InChI=1S/C9H8F3N3O4/c10-9(11,12)1-2-13-6-4-14-7(15(18)19)3-5(6)8(16)17/h3-4,13H,1-2H2,(H,16,17). The summed E-state index contributed by atoms with van der Waals surface area (Å²) in [4.78, 5) is 23.7. The first-order chi connectivity index (χ1) is 8.70. The molecule has 19 heavy (non-hydrogen) atoms. The van der Waals surface area contributed by atoms with Crippen LogP contribution in [0.4, 0.5) is 24.7 Å². The highest BCUT2D eigenvalue weighted by Gasteiger charge is 2.27. The van der Waals surface area contributed by atoms with E-state index in [4.69, 9.17) is 5.11 Å².